The summed E-state index contributed by atoms with van der Waals surface area (Å²) in [6.07, 6.45) is 2.07. The molecule has 0 aromatic rings. The molecule has 12 heavy (non-hydrogen) atoms. The maximum Gasteiger partial charge on any atom is 0.0848 e. The Hall–Kier alpha value is -0.660. The highest BCUT2D eigenvalue weighted by Gasteiger charge is 2.18. The van der Waals surface area contributed by atoms with Crippen molar-refractivity contribution in [2.45, 2.75) is 52.6 Å². The average Bonchev–Trinajstić information content (AvgIpc) is 2.08. The lowest BCUT2D eigenvalue weighted by Gasteiger charge is -2.21. The summed E-state index contributed by atoms with van der Waals surface area (Å²) < 4.78 is 0. The van der Waals surface area contributed by atoms with Crippen LogP contribution in [0.25, 0.3) is 0 Å². The molecular weight excluding hydrogens is 148 g/mol. The summed E-state index contributed by atoms with van der Waals surface area (Å²) in [6, 6.07) is 0.641. The first-order valence-electron chi connectivity index (χ1n) is 4.82. The van der Waals surface area contributed by atoms with E-state index in [1.54, 1.807) is 0 Å². The third kappa shape index (κ3) is 1.74. The van der Waals surface area contributed by atoms with Crippen LogP contribution in [0, 0.1) is 0 Å². The molecule has 0 aromatic carbocycles. The van der Waals surface area contributed by atoms with E-state index in [1.165, 1.54) is 11.4 Å². The third-order valence-corrected chi connectivity index (χ3v) is 2.41. The summed E-state index contributed by atoms with van der Waals surface area (Å²) in [4.78, 5) is 9.24. The molecule has 1 aliphatic rings. The molecule has 2 nitrogen and oxygen atoms in total. The lowest BCUT2D eigenvalue weighted by atomic mass is 10.0. The van der Waals surface area contributed by atoms with Gasteiger partial charge in [0.25, 0.3) is 0 Å². The molecule has 0 bridgehead atoms. The molecule has 2 atom stereocenters. The van der Waals surface area contributed by atoms with Crippen LogP contribution in [0.5, 0.6) is 0 Å². The Kier molecular flexibility index (Phi) is 3.01. The van der Waals surface area contributed by atoms with Crippen molar-refractivity contribution < 1.29 is 0 Å². The summed E-state index contributed by atoms with van der Waals surface area (Å²) in [5.74, 6) is 0. The lowest BCUT2D eigenvalue weighted by molar-refractivity contribution is 0.819. The molecule has 2 heteroatoms. The molecule has 2 unspecified atom stereocenters. The molecule has 0 saturated heterocycles. The fourth-order valence-electron chi connectivity index (χ4n) is 1.64. The Labute approximate surface area is 74.8 Å². The van der Waals surface area contributed by atoms with Gasteiger partial charge in [0.15, 0.2) is 0 Å². The predicted molar refractivity (Wildman–Crippen MR) is 54.4 cm³/mol. The number of hydrogen-bond acceptors (Lipinski definition) is 2. The highest BCUT2D eigenvalue weighted by molar-refractivity contribution is 6.00. The third-order valence-electron chi connectivity index (χ3n) is 2.41. The topological polar surface area (TPSA) is 24.7 Å². The lowest BCUT2D eigenvalue weighted by Crippen LogP contribution is -2.28. The normalized spacial score (nSPS) is 29.7. The summed E-state index contributed by atoms with van der Waals surface area (Å²) in [6.45, 7) is 8.55. The molecule has 1 aliphatic heterocycles. The number of rotatable bonds is 2. The zero-order valence-corrected chi connectivity index (χ0v) is 8.46. The summed E-state index contributed by atoms with van der Waals surface area (Å²) in [7, 11) is 0. The maximum atomic E-state index is 4.62. The molecule has 1 heterocycles. The first-order chi connectivity index (χ1) is 5.69. The second-order valence-electron chi connectivity index (χ2n) is 3.30. The van der Waals surface area contributed by atoms with E-state index in [4.69, 9.17) is 0 Å². The second-order valence-corrected chi connectivity index (χ2v) is 3.30. The van der Waals surface area contributed by atoms with E-state index in [0.717, 1.165) is 12.8 Å². The van der Waals surface area contributed by atoms with Crippen LogP contribution in [0.1, 0.15) is 40.5 Å². The van der Waals surface area contributed by atoms with Gasteiger partial charge in [-0.05, 0) is 26.7 Å². The minimum atomic E-state index is 0.321. The van der Waals surface area contributed by atoms with Crippen molar-refractivity contribution >= 4 is 11.4 Å². The fourth-order valence-corrected chi connectivity index (χ4v) is 1.64. The van der Waals surface area contributed by atoms with Gasteiger partial charge in [-0.1, -0.05) is 13.8 Å². The van der Waals surface area contributed by atoms with Crippen LogP contribution >= 0.6 is 0 Å². The molecule has 0 amide bonds. The van der Waals surface area contributed by atoms with Crippen molar-refractivity contribution in [2.24, 2.45) is 9.98 Å². The molecular formula is C10H18N2. The van der Waals surface area contributed by atoms with E-state index >= 15 is 0 Å². The van der Waals surface area contributed by atoms with Crippen LogP contribution in [0.4, 0.5) is 0 Å². The zero-order valence-electron chi connectivity index (χ0n) is 8.46. The summed E-state index contributed by atoms with van der Waals surface area (Å²) >= 11 is 0. The summed E-state index contributed by atoms with van der Waals surface area (Å²) in [5.41, 5.74) is 2.50. The highest BCUT2D eigenvalue weighted by atomic mass is 14.9. The largest absolute Gasteiger partial charge is 0.283 e. The maximum absolute atomic E-state index is 4.62. The zero-order chi connectivity index (χ0) is 9.14. The van der Waals surface area contributed by atoms with Gasteiger partial charge in [-0.25, -0.2) is 0 Å². The van der Waals surface area contributed by atoms with Gasteiger partial charge >= 0.3 is 0 Å². The molecule has 0 fully saturated rings. The monoisotopic (exact) mass is 166 g/mol. The molecule has 0 aliphatic carbocycles. The van der Waals surface area contributed by atoms with Gasteiger partial charge < -0.3 is 0 Å². The summed E-state index contributed by atoms with van der Waals surface area (Å²) in [5, 5.41) is 0. The Morgan fingerprint density at radius 2 is 1.25 bits per heavy atom. The van der Waals surface area contributed by atoms with E-state index < -0.39 is 0 Å². The van der Waals surface area contributed by atoms with Crippen molar-refractivity contribution in [3.63, 3.8) is 0 Å². The first-order valence-corrected chi connectivity index (χ1v) is 4.82. The van der Waals surface area contributed by atoms with Gasteiger partial charge in [0, 0.05) is 11.4 Å². The molecule has 0 N–H and O–H groups in total. The van der Waals surface area contributed by atoms with Crippen molar-refractivity contribution in [3.8, 4) is 0 Å². The number of nitrogens with zero attached hydrogens (tertiary/aromatic N) is 2. The van der Waals surface area contributed by atoms with Crippen LogP contribution in [0.15, 0.2) is 9.98 Å². The predicted octanol–water partition coefficient (Wildman–Crippen LogP) is 2.48. The highest BCUT2D eigenvalue weighted by Crippen LogP contribution is 2.12. The van der Waals surface area contributed by atoms with Crippen LogP contribution in [-0.4, -0.2) is 23.5 Å². The number of aliphatic imine (C=N–C) groups is 2. The minimum Gasteiger partial charge on any atom is -0.283 e. The first kappa shape index (κ1) is 9.43. The quantitative estimate of drug-likeness (QED) is 0.602. The van der Waals surface area contributed by atoms with Crippen LogP contribution in [0.2, 0.25) is 0 Å². The standard InChI is InChI=1S/C10H18N2/c1-5-9-7(3)12-10(6-2)8(4)11-9/h7-8H,5-6H2,1-4H3. The van der Waals surface area contributed by atoms with E-state index in [1.807, 2.05) is 0 Å². The molecule has 0 spiro atoms. The SMILES string of the molecule is CCC1=NC(C)C(CC)=NC1C. The molecule has 0 saturated carbocycles. The van der Waals surface area contributed by atoms with Gasteiger partial charge in [-0.15, -0.1) is 0 Å². The van der Waals surface area contributed by atoms with E-state index in [0.29, 0.717) is 12.1 Å². The smallest absolute Gasteiger partial charge is 0.0848 e. The van der Waals surface area contributed by atoms with Gasteiger partial charge in [0.2, 0.25) is 0 Å². The van der Waals surface area contributed by atoms with Gasteiger partial charge in [0.05, 0.1) is 12.1 Å². The molecule has 0 aromatic heterocycles. The average molecular weight is 166 g/mol. The van der Waals surface area contributed by atoms with Crippen molar-refractivity contribution in [2.75, 3.05) is 0 Å². The van der Waals surface area contributed by atoms with E-state index in [2.05, 4.69) is 37.7 Å². The van der Waals surface area contributed by atoms with Gasteiger partial charge in [-0.3, -0.25) is 9.98 Å². The molecule has 1 rings (SSSR count). The van der Waals surface area contributed by atoms with Crippen LogP contribution in [0.3, 0.4) is 0 Å². The van der Waals surface area contributed by atoms with E-state index in [9.17, 15) is 0 Å². The van der Waals surface area contributed by atoms with Crippen molar-refractivity contribution in [1.29, 1.82) is 0 Å². The minimum absolute atomic E-state index is 0.321. The van der Waals surface area contributed by atoms with Gasteiger partial charge in [0.1, 0.15) is 0 Å². The Morgan fingerprint density at radius 3 is 1.50 bits per heavy atom. The molecule has 68 valence electrons. The van der Waals surface area contributed by atoms with Crippen LogP contribution < -0.4 is 0 Å². The van der Waals surface area contributed by atoms with Crippen LogP contribution in [-0.2, 0) is 0 Å². The van der Waals surface area contributed by atoms with Crippen molar-refractivity contribution in [1.82, 2.24) is 0 Å². The Morgan fingerprint density at radius 1 is 0.917 bits per heavy atom. The Bertz CT molecular complexity index is 192. The Balaban J connectivity index is 2.79. The number of hydrogen-bond donors (Lipinski definition) is 0. The second kappa shape index (κ2) is 3.83. The fraction of sp³-hybridized carbons (Fsp3) is 0.800. The van der Waals surface area contributed by atoms with E-state index in [-0.39, 0.29) is 0 Å². The van der Waals surface area contributed by atoms with Crippen molar-refractivity contribution in [3.05, 3.63) is 0 Å². The molecule has 0 radical (unpaired) electrons. The van der Waals surface area contributed by atoms with Gasteiger partial charge in [-0.2, -0.15) is 0 Å².